The minimum absolute atomic E-state index is 0.187. The average Bonchev–Trinajstić information content (AvgIpc) is 2.14. The fourth-order valence-electron chi connectivity index (χ4n) is 1.50. The number of carboxylic acids is 1. The van der Waals surface area contributed by atoms with E-state index in [9.17, 15) is 13.2 Å². The van der Waals surface area contributed by atoms with Crippen LogP contribution < -0.4 is 5.73 Å². The van der Waals surface area contributed by atoms with Gasteiger partial charge in [-0.1, -0.05) is 12.1 Å². The lowest BCUT2D eigenvalue weighted by molar-refractivity contribution is -0.138. The molecule has 0 heterocycles. The summed E-state index contributed by atoms with van der Waals surface area (Å²) >= 11 is 0. The first-order valence-electron chi connectivity index (χ1n) is 4.94. The molecule has 0 aliphatic rings. The Kier molecular flexibility index (Phi) is 3.59. The molecule has 0 aliphatic heterocycles. The molecule has 0 amide bonds. The largest absolute Gasteiger partial charge is 0.481 e. The molecule has 1 aromatic rings. The number of carbonyl (C=O) groups is 1. The lowest BCUT2D eigenvalue weighted by Crippen LogP contribution is -2.35. The Morgan fingerprint density at radius 2 is 1.82 bits per heavy atom. The summed E-state index contributed by atoms with van der Waals surface area (Å²) in [6.07, 6.45) is 0.895. The summed E-state index contributed by atoms with van der Waals surface area (Å²) in [5, 5.41) is 8.72. The average molecular weight is 257 g/mol. The molecule has 0 saturated heterocycles. The fraction of sp³-hybridized carbons (Fsp3) is 0.364. The van der Waals surface area contributed by atoms with Crippen LogP contribution in [0.3, 0.4) is 0 Å². The first-order chi connectivity index (χ1) is 7.63. The highest BCUT2D eigenvalue weighted by Gasteiger charge is 2.24. The highest BCUT2D eigenvalue weighted by Crippen LogP contribution is 2.23. The van der Waals surface area contributed by atoms with Crippen molar-refractivity contribution in [2.45, 2.75) is 23.8 Å². The summed E-state index contributed by atoms with van der Waals surface area (Å²) in [6.45, 7) is 1.59. The molecule has 0 aromatic heterocycles. The van der Waals surface area contributed by atoms with Crippen LogP contribution in [0.1, 0.15) is 18.9 Å². The summed E-state index contributed by atoms with van der Waals surface area (Å²) in [5.41, 5.74) is 5.45. The van der Waals surface area contributed by atoms with Gasteiger partial charge in [0.1, 0.15) is 0 Å². The quantitative estimate of drug-likeness (QED) is 0.829. The molecule has 0 radical (unpaired) electrons. The number of sulfone groups is 1. The Morgan fingerprint density at radius 3 is 2.18 bits per heavy atom. The third-order valence-electron chi connectivity index (χ3n) is 2.46. The van der Waals surface area contributed by atoms with Crippen molar-refractivity contribution in [1.29, 1.82) is 0 Å². The Bertz CT molecular complexity index is 517. The van der Waals surface area contributed by atoms with E-state index < -0.39 is 21.3 Å². The normalized spacial score (nSPS) is 15.2. The summed E-state index contributed by atoms with van der Waals surface area (Å²) in [6, 6.07) is 5.94. The number of carboxylic acid groups (broad SMARTS) is 1. The topological polar surface area (TPSA) is 97.5 Å². The number of aliphatic carboxylic acids is 1. The highest BCUT2D eigenvalue weighted by atomic mass is 32.2. The van der Waals surface area contributed by atoms with Gasteiger partial charge in [-0.15, -0.1) is 0 Å². The molecular formula is C11H15NO4S. The monoisotopic (exact) mass is 257 g/mol. The molecule has 17 heavy (non-hydrogen) atoms. The van der Waals surface area contributed by atoms with E-state index in [1.165, 1.54) is 12.1 Å². The number of nitrogens with two attached hydrogens (primary N) is 1. The molecule has 0 fully saturated rings. The van der Waals surface area contributed by atoms with Crippen LogP contribution in [0.5, 0.6) is 0 Å². The van der Waals surface area contributed by atoms with Crippen molar-refractivity contribution in [3.63, 3.8) is 0 Å². The molecule has 0 spiro atoms. The number of benzene rings is 1. The molecule has 3 N–H and O–H groups in total. The van der Waals surface area contributed by atoms with E-state index in [2.05, 4.69) is 0 Å². The number of hydrogen-bond donors (Lipinski definition) is 2. The first-order valence-corrected chi connectivity index (χ1v) is 6.83. The molecule has 94 valence electrons. The van der Waals surface area contributed by atoms with E-state index >= 15 is 0 Å². The highest BCUT2D eigenvalue weighted by molar-refractivity contribution is 7.90. The van der Waals surface area contributed by atoms with Crippen LogP contribution in [0.4, 0.5) is 0 Å². The van der Waals surface area contributed by atoms with E-state index in [0.29, 0.717) is 5.56 Å². The molecule has 1 atom stereocenters. The molecule has 0 bridgehead atoms. The predicted octanol–water partition coefficient (Wildman–Crippen LogP) is 0.739. The van der Waals surface area contributed by atoms with Crippen molar-refractivity contribution < 1.29 is 18.3 Å². The molecule has 0 aliphatic carbocycles. The van der Waals surface area contributed by atoms with Crippen LogP contribution in [0.15, 0.2) is 29.2 Å². The summed E-state index contributed by atoms with van der Waals surface area (Å²) < 4.78 is 22.5. The molecule has 1 rings (SSSR count). The zero-order valence-corrected chi connectivity index (χ0v) is 10.5. The van der Waals surface area contributed by atoms with Crippen LogP contribution in [0.2, 0.25) is 0 Å². The minimum atomic E-state index is -3.25. The zero-order valence-electron chi connectivity index (χ0n) is 9.67. The van der Waals surface area contributed by atoms with Gasteiger partial charge < -0.3 is 10.8 Å². The van der Waals surface area contributed by atoms with E-state index in [0.717, 1.165) is 6.26 Å². The second kappa shape index (κ2) is 4.46. The van der Waals surface area contributed by atoms with Crippen molar-refractivity contribution in [3.05, 3.63) is 29.8 Å². The van der Waals surface area contributed by atoms with Gasteiger partial charge in [-0.25, -0.2) is 8.42 Å². The minimum Gasteiger partial charge on any atom is -0.481 e. The van der Waals surface area contributed by atoms with E-state index in [1.807, 2.05) is 0 Å². The van der Waals surface area contributed by atoms with Crippen LogP contribution in [0.25, 0.3) is 0 Å². The molecule has 6 heteroatoms. The van der Waals surface area contributed by atoms with Crippen molar-refractivity contribution in [3.8, 4) is 0 Å². The van der Waals surface area contributed by atoms with Gasteiger partial charge >= 0.3 is 5.97 Å². The molecule has 0 saturated carbocycles. The van der Waals surface area contributed by atoms with Gasteiger partial charge in [-0.05, 0) is 24.6 Å². The Hall–Kier alpha value is -1.40. The van der Waals surface area contributed by atoms with E-state index in [-0.39, 0.29) is 11.3 Å². The molecule has 1 unspecified atom stereocenters. The van der Waals surface area contributed by atoms with Crippen LogP contribution in [0, 0.1) is 0 Å². The van der Waals surface area contributed by atoms with Gasteiger partial charge in [0.25, 0.3) is 0 Å². The summed E-state index contributed by atoms with van der Waals surface area (Å²) in [4.78, 5) is 10.8. The zero-order chi connectivity index (χ0) is 13.3. The molecule has 1 aromatic carbocycles. The third-order valence-corrected chi connectivity index (χ3v) is 3.59. The predicted molar refractivity (Wildman–Crippen MR) is 63.3 cm³/mol. The Labute approximate surface area is 100 Å². The third kappa shape index (κ3) is 3.54. The SMILES string of the molecule is CC(N)(CC(=O)O)c1ccc(S(C)(=O)=O)cc1. The maximum Gasteiger partial charge on any atom is 0.305 e. The lowest BCUT2D eigenvalue weighted by Gasteiger charge is -2.23. The fourth-order valence-corrected chi connectivity index (χ4v) is 2.13. The van der Waals surface area contributed by atoms with E-state index in [1.54, 1.807) is 19.1 Å². The number of hydrogen-bond acceptors (Lipinski definition) is 4. The van der Waals surface area contributed by atoms with Crippen molar-refractivity contribution in [1.82, 2.24) is 0 Å². The summed E-state index contributed by atoms with van der Waals surface area (Å²) in [7, 11) is -3.25. The maximum atomic E-state index is 11.2. The molecule has 5 nitrogen and oxygen atoms in total. The van der Waals surface area contributed by atoms with Gasteiger partial charge in [0, 0.05) is 11.8 Å². The number of rotatable bonds is 4. The second-order valence-corrected chi connectivity index (χ2v) is 6.30. The molecular weight excluding hydrogens is 242 g/mol. The van der Waals surface area contributed by atoms with Crippen LogP contribution in [-0.2, 0) is 20.2 Å². The van der Waals surface area contributed by atoms with Gasteiger partial charge in [0.2, 0.25) is 0 Å². The van der Waals surface area contributed by atoms with Crippen LogP contribution in [-0.4, -0.2) is 25.7 Å². The van der Waals surface area contributed by atoms with Gasteiger partial charge in [0.05, 0.1) is 11.3 Å². The van der Waals surface area contributed by atoms with Gasteiger partial charge in [0.15, 0.2) is 9.84 Å². The van der Waals surface area contributed by atoms with Crippen molar-refractivity contribution in [2.75, 3.05) is 6.26 Å². The first kappa shape index (κ1) is 13.7. The van der Waals surface area contributed by atoms with Crippen molar-refractivity contribution >= 4 is 15.8 Å². The Morgan fingerprint density at radius 1 is 1.35 bits per heavy atom. The maximum absolute atomic E-state index is 11.2. The Balaban J connectivity index is 3.07. The lowest BCUT2D eigenvalue weighted by atomic mass is 9.90. The standard InChI is InChI=1S/C11H15NO4S/c1-11(12,7-10(13)14)8-3-5-9(6-4-8)17(2,15)16/h3-6H,7,12H2,1-2H3,(H,13,14). The summed E-state index contributed by atoms with van der Waals surface area (Å²) in [5.74, 6) is -0.998. The van der Waals surface area contributed by atoms with E-state index in [4.69, 9.17) is 10.8 Å². The van der Waals surface area contributed by atoms with Crippen molar-refractivity contribution in [2.24, 2.45) is 5.73 Å². The van der Waals surface area contributed by atoms with Crippen LogP contribution >= 0.6 is 0 Å². The smallest absolute Gasteiger partial charge is 0.305 e. The van der Waals surface area contributed by atoms with Gasteiger partial charge in [-0.2, -0.15) is 0 Å². The van der Waals surface area contributed by atoms with Gasteiger partial charge in [-0.3, -0.25) is 4.79 Å². The second-order valence-electron chi connectivity index (χ2n) is 4.28.